The lowest BCUT2D eigenvalue weighted by Gasteiger charge is -2.28. The molecule has 0 unspecified atom stereocenters. The zero-order valence-corrected chi connectivity index (χ0v) is 14.8. The molecule has 130 valence electrons. The summed E-state index contributed by atoms with van der Waals surface area (Å²) >= 11 is 0. The van der Waals surface area contributed by atoms with Gasteiger partial charge in [-0.25, -0.2) is 4.79 Å². The van der Waals surface area contributed by atoms with Gasteiger partial charge in [-0.05, 0) is 60.3 Å². The molecule has 6 nitrogen and oxygen atoms in total. The van der Waals surface area contributed by atoms with Gasteiger partial charge < -0.3 is 25.2 Å². The van der Waals surface area contributed by atoms with Crippen LogP contribution in [0.4, 0.5) is 4.79 Å². The second-order valence-corrected chi connectivity index (χ2v) is 6.98. The first-order valence-corrected chi connectivity index (χ1v) is 8.46. The molecule has 0 aromatic heterocycles. The van der Waals surface area contributed by atoms with E-state index >= 15 is 0 Å². The molecule has 0 aromatic rings. The molecule has 1 rings (SSSR count). The number of ether oxygens (including phenoxy) is 1. The molecule has 1 aliphatic heterocycles. The summed E-state index contributed by atoms with van der Waals surface area (Å²) in [6, 6.07) is 0. The van der Waals surface area contributed by atoms with E-state index in [0.29, 0.717) is 6.54 Å². The fraction of sp³-hybridized carbons (Fsp3) is 0.938. The Morgan fingerprint density at radius 1 is 0.909 bits per heavy atom. The van der Waals surface area contributed by atoms with Gasteiger partial charge in [0.05, 0.1) is 0 Å². The van der Waals surface area contributed by atoms with Gasteiger partial charge in [-0.3, -0.25) is 0 Å². The maximum Gasteiger partial charge on any atom is 0.410 e. The van der Waals surface area contributed by atoms with Crippen LogP contribution in [0.25, 0.3) is 0 Å². The molecule has 1 amide bonds. The fourth-order valence-corrected chi connectivity index (χ4v) is 2.34. The summed E-state index contributed by atoms with van der Waals surface area (Å²) in [5, 5.41) is 6.85. The van der Waals surface area contributed by atoms with Gasteiger partial charge in [0.2, 0.25) is 0 Å². The molecule has 0 aromatic carbocycles. The standard InChI is InChI=1S/C16H34N4O2/c1-16(2,3)22-15(21)20-12-6-11-19(4)13-9-17-7-5-8-18-10-14-20/h17-18H,5-14H2,1-4H3. The van der Waals surface area contributed by atoms with E-state index in [1.54, 1.807) is 0 Å². The van der Waals surface area contributed by atoms with E-state index in [-0.39, 0.29) is 6.09 Å². The van der Waals surface area contributed by atoms with Gasteiger partial charge in [-0.2, -0.15) is 0 Å². The number of likely N-dealkylation sites (N-methyl/N-ethyl adjacent to an activating group) is 1. The van der Waals surface area contributed by atoms with Crippen molar-refractivity contribution in [2.45, 2.75) is 39.2 Å². The predicted octanol–water partition coefficient (Wildman–Crippen LogP) is 1.13. The summed E-state index contributed by atoms with van der Waals surface area (Å²) in [6.07, 6.45) is 1.87. The average molecular weight is 314 g/mol. The molecule has 1 fully saturated rings. The molecule has 0 atom stereocenters. The van der Waals surface area contributed by atoms with E-state index in [1.165, 1.54) is 0 Å². The molecule has 1 aliphatic rings. The smallest absolute Gasteiger partial charge is 0.410 e. The van der Waals surface area contributed by atoms with Crippen molar-refractivity contribution in [2.24, 2.45) is 0 Å². The van der Waals surface area contributed by atoms with Gasteiger partial charge in [0.15, 0.2) is 0 Å². The Bertz CT molecular complexity index is 318. The quantitative estimate of drug-likeness (QED) is 0.702. The lowest BCUT2D eigenvalue weighted by molar-refractivity contribution is 0.0246. The number of nitrogens with zero attached hydrogens (tertiary/aromatic N) is 2. The van der Waals surface area contributed by atoms with E-state index < -0.39 is 5.60 Å². The van der Waals surface area contributed by atoms with Gasteiger partial charge in [0.25, 0.3) is 0 Å². The van der Waals surface area contributed by atoms with Gasteiger partial charge in [-0.1, -0.05) is 0 Å². The molecule has 2 N–H and O–H groups in total. The molecular weight excluding hydrogens is 280 g/mol. The maximum atomic E-state index is 12.3. The number of nitrogens with one attached hydrogen (secondary N) is 2. The molecule has 22 heavy (non-hydrogen) atoms. The number of carbonyl (C=O) groups excluding carboxylic acids is 1. The van der Waals surface area contributed by atoms with Crippen molar-refractivity contribution in [1.29, 1.82) is 0 Å². The third kappa shape index (κ3) is 9.23. The highest BCUT2D eigenvalue weighted by Gasteiger charge is 2.21. The lowest BCUT2D eigenvalue weighted by atomic mass is 10.2. The summed E-state index contributed by atoms with van der Waals surface area (Å²) < 4.78 is 5.51. The van der Waals surface area contributed by atoms with Crippen LogP contribution in [0.15, 0.2) is 0 Å². The van der Waals surface area contributed by atoms with Crippen molar-refractivity contribution >= 4 is 6.09 Å². The monoisotopic (exact) mass is 314 g/mol. The molecule has 0 spiro atoms. The molecular formula is C16H34N4O2. The van der Waals surface area contributed by atoms with Crippen LogP contribution in [0, 0.1) is 0 Å². The predicted molar refractivity (Wildman–Crippen MR) is 90.3 cm³/mol. The number of rotatable bonds is 0. The van der Waals surface area contributed by atoms with Gasteiger partial charge >= 0.3 is 6.09 Å². The third-order valence-electron chi connectivity index (χ3n) is 3.56. The molecule has 0 aliphatic carbocycles. The molecule has 6 heteroatoms. The minimum atomic E-state index is -0.438. The minimum Gasteiger partial charge on any atom is -0.444 e. The first-order valence-electron chi connectivity index (χ1n) is 8.46. The van der Waals surface area contributed by atoms with Crippen LogP contribution in [-0.2, 0) is 4.74 Å². The molecule has 0 bridgehead atoms. The van der Waals surface area contributed by atoms with Crippen LogP contribution >= 0.6 is 0 Å². The third-order valence-corrected chi connectivity index (χ3v) is 3.56. The Balaban J connectivity index is 2.50. The Kier molecular flexibility index (Phi) is 8.75. The minimum absolute atomic E-state index is 0.203. The van der Waals surface area contributed by atoms with Crippen molar-refractivity contribution in [3.8, 4) is 0 Å². The fourth-order valence-electron chi connectivity index (χ4n) is 2.34. The first kappa shape index (κ1) is 19.2. The number of hydrogen-bond donors (Lipinski definition) is 2. The van der Waals surface area contributed by atoms with E-state index in [9.17, 15) is 4.79 Å². The largest absolute Gasteiger partial charge is 0.444 e. The SMILES string of the molecule is CN1CCCN(C(=O)OC(C)(C)C)CCNCCCNCC1. The van der Waals surface area contributed by atoms with Gasteiger partial charge in [0, 0.05) is 32.7 Å². The van der Waals surface area contributed by atoms with Gasteiger partial charge in [-0.15, -0.1) is 0 Å². The molecule has 1 saturated heterocycles. The zero-order valence-electron chi connectivity index (χ0n) is 14.8. The zero-order chi connectivity index (χ0) is 16.4. The average Bonchev–Trinajstić information content (AvgIpc) is 2.41. The first-order chi connectivity index (χ1) is 10.4. The Hall–Kier alpha value is -0.850. The second kappa shape index (κ2) is 10.0. The number of carbonyl (C=O) groups is 1. The Morgan fingerprint density at radius 3 is 2.18 bits per heavy atom. The van der Waals surface area contributed by atoms with Crippen molar-refractivity contribution < 1.29 is 9.53 Å². The van der Waals surface area contributed by atoms with Crippen LogP contribution in [-0.4, -0.2) is 80.9 Å². The summed E-state index contributed by atoms with van der Waals surface area (Å²) in [6.45, 7) is 13.1. The van der Waals surface area contributed by atoms with E-state index in [0.717, 1.165) is 58.7 Å². The molecule has 0 radical (unpaired) electrons. The van der Waals surface area contributed by atoms with Crippen molar-refractivity contribution in [3.63, 3.8) is 0 Å². The van der Waals surface area contributed by atoms with E-state index in [4.69, 9.17) is 4.74 Å². The van der Waals surface area contributed by atoms with Crippen LogP contribution in [0.3, 0.4) is 0 Å². The van der Waals surface area contributed by atoms with Crippen LogP contribution in [0.1, 0.15) is 33.6 Å². The Labute approximate surface area is 135 Å². The number of amides is 1. The van der Waals surface area contributed by atoms with Crippen molar-refractivity contribution in [3.05, 3.63) is 0 Å². The van der Waals surface area contributed by atoms with Crippen molar-refractivity contribution in [1.82, 2.24) is 20.4 Å². The van der Waals surface area contributed by atoms with E-state index in [2.05, 4.69) is 22.6 Å². The topological polar surface area (TPSA) is 56.8 Å². The summed E-state index contributed by atoms with van der Waals surface area (Å²) in [7, 11) is 2.13. The normalized spacial score (nSPS) is 21.2. The second-order valence-electron chi connectivity index (χ2n) is 6.98. The lowest BCUT2D eigenvalue weighted by Crippen LogP contribution is -2.42. The highest BCUT2D eigenvalue weighted by atomic mass is 16.6. The highest BCUT2D eigenvalue weighted by Crippen LogP contribution is 2.10. The molecule has 1 heterocycles. The maximum absolute atomic E-state index is 12.3. The van der Waals surface area contributed by atoms with Gasteiger partial charge in [0.1, 0.15) is 5.60 Å². The molecule has 0 saturated carbocycles. The summed E-state index contributed by atoms with van der Waals surface area (Å²) in [5.41, 5.74) is -0.438. The Morgan fingerprint density at radius 2 is 1.55 bits per heavy atom. The summed E-state index contributed by atoms with van der Waals surface area (Å²) in [5.74, 6) is 0. The highest BCUT2D eigenvalue weighted by molar-refractivity contribution is 5.68. The van der Waals surface area contributed by atoms with E-state index in [1.807, 2.05) is 25.7 Å². The van der Waals surface area contributed by atoms with Crippen molar-refractivity contribution in [2.75, 3.05) is 59.4 Å². The number of hydrogen-bond acceptors (Lipinski definition) is 5. The summed E-state index contributed by atoms with van der Waals surface area (Å²) in [4.78, 5) is 16.4. The van der Waals surface area contributed by atoms with Crippen LogP contribution in [0.2, 0.25) is 0 Å². The van der Waals surface area contributed by atoms with Crippen LogP contribution in [0.5, 0.6) is 0 Å². The van der Waals surface area contributed by atoms with Crippen LogP contribution < -0.4 is 10.6 Å².